The molecule has 1 unspecified atom stereocenters. The molecular weight excluding hydrogens is 286 g/mol. The van der Waals surface area contributed by atoms with E-state index in [-0.39, 0.29) is 6.54 Å². The van der Waals surface area contributed by atoms with E-state index < -0.39 is 37.0 Å². The first-order chi connectivity index (χ1) is 8.12. The molecular formula is C8H10ClN3O5S. The summed E-state index contributed by atoms with van der Waals surface area (Å²) in [6, 6.07) is 0. The number of primary amides is 1. The van der Waals surface area contributed by atoms with Crippen molar-refractivity contribution in [2.24, 2.45) is 11.7 Å². The molecule has 0 aromatic carbocycles. The van der Waals surface area contributed by atoms with Crippen molar-refractivity contribution in [2.75, 3.05) is 0 Å². The van der Waals surface area contributed by atoms with Gasteiger partial charge in [0.25, 0.3) is 14.6 Å². The quantitative estimate of drug-likeness (QED) is 0.658. The van der Waals surface area contributed by atoms with Crippen LogP contribution in [0.3, 0.4) is 0 Å². The average molecular weight is 296 g/mol. The lowest BCUT2D eigenvalue weighted by Crippen LogP contribution is -2.35. The van der Waals surface area contributed by atoms with Crippen molar-refractivity contribution in [3.05, 3.63) is 27.0 Å². The van der Waals surface area contributed by atoms with Gasteiger partial charge < -0.3 is 5.73 Å². The van der Waals surface area contributed by atoms with Crippen molar-refractivity contribution in [1.29, 1.82) is 0 Å². The van der Waals surface area contributed by atoms with Crippen molar-refractivity contribution in [2.45, 2.75) is 18.4 Å². The minimum atomic E-state index is -4.28. The van der Waals surface area contributed by atoms with Crippen molar-refractivity contribution < 1.29 is 13.2 Å². The number of H-pyrrole nitrogens is 1. The molecule has 0 spiro atoms. The highest BCUT2D eigenvalue weighted by Crippen LogP contribution is 2.08. The third kappa shape index (κ3) is 3.20. The first-order valence-corrected chi connectivity index (χ1v) is 7.01. The minimum Gasteiger partial charge on any atom is -0.369 e. The number of aromatic nitrogens is 2. The van der Waals surface area contributed by atoms with Gasteiger partial charge in [-0.2, -0.15) is 0 Å². The number of nitrogens with zero attached hydrogens (tertiary/aromatic N) is 1. The summed E-state index contributed by atoms with van der Waals surface area (Å²) < 4.78 is 23.0. The normalized spacial score (nSPS) is 13.2. The second kappa shape index (κ2) is 4.94. The standard InChI is InChI=1S/C8H10ClN3O5S/c1-4(6(10)13)2-12-3-5(18(9,16)17)7(14)11-8(12)15/h3-4H,2H2,1H3,(H2,10,13)(H,11,14,15). The Bertz CT molecular complexity index is 689. The molecule has 1 rings (SSSR count). The van der Waals surface area contributed by atoms with Crippen molar-refractivity contribution in [3.63, 3.8) is 0 Å². The Hall–Kier alpha value is -1.61. The summed E-state index contributed by atoms with van der Waals surface area (Å²) in [7, 11) is 0.756. The van der Waals surface area contributed by atoms with Gasteiger partial charge >= 0.3 is 5.69 Å². The van der Waals surface area contributed by atoms with Gasteiger partial charge in [0.2, 0.25) is 5.91 Å². The summed E-state index contributed by atoms with van der Waals surface area (Å²) in [5.74, 6) is -1.37. The zero-order valence-corrected chi connectivity index (χ0v) is 10.8. The monoisotopic (exact) mass is 295 g/mol. The molecule has 10 heteroatoms. The number of amides is 1. The lowest BCUT2D eigenvalue weighted by molar-refractivity contribution is -0.121. The van der Waals surface area contributed by atoms with E-state index in [1.165, 1.54) is 6.92 Å². The number of halogens is 1. The Morgan fingerprint density at radius 1 is 1.56 bits per heavy atom. The Kier molecular flexibility index (Phi) is 3.97. The highest BCUT2D eigenvalue weighted by Gasteiger charge is 2.18. The van der Waals surface area contributed by atoms with E-state index in [1.54, 1.807) is 4.98 Å². The maximum absolute atomic E-state index is 11.4. The van der Waals surface area contributed by atoms with Crippen LogP contribution in [0.2, 0.25) is 0 Å². The molecule has 0 radical (unpaired) electrons. The molecule has 1 amide bonds. The number of rotatable bonds is 4. The van der Waals surface area contributed by atoms with Gasteiger partial charge in [-0.25, -0.2) is 13.2 Å². The second-order valence-electron chi connectivity index (χ2n) is 3.65. The van der Waals surface area contributed by atoms with Crippen LogP contribution in [-0.4, -0.2) is 23.9 Å². The Morgan fingerprint density at radius 2 is 2.11 bits per heavy atom. The molecule has 100 valence electrons. The summed E-state index contributed by atoms with van der Waals surface area (Å²) in [5.41, 5.74) is 3.05. The number of carbonyl (C=O) groups is 1. The van der Waals surface area contributed by atoms with Gasteiger partial charge in [-0.15, -0.1) is 0 Å². The van der Waals surface area contributed by atoms with E-state index in [0.29, 0.717) is 0 Å². The first kappa shape index (κ1) is 14.5. The van der Waals surface area contributed by atoms with Gasteiger partial charge in [0.15, 0.2) is 4.90 Å². The predicted molar refractivity (Wildman–Crippen MR) is 62.7 cm³/mol. The van der Waals surface area contributed by atoms with Gasteiger partial charge in [0.1, 0.15) is 0 Å². The maximum atomic E-state index is 11.4. The summed E-state index contributed by atoms with van der Waals surface area (Å²) in [5, 5.41) is 0. The smallest absolute Gasteiger partial charge is 0.328 e. The fourth-order valence-electron chi connectivity index (χ4n) is 1.18. The fourth-order valence-corrected chi connectivity index (χ4v) is 2.04. The third-order valence-corrected chi connectivity index (χ3v) is 3.51. The number of nitrogens with two attached hydrogens (primary N) is 1. The lowest BCUT2D eigenvalue weighted by atomic mass is 10.2. The van der Waals surface area contributed by atoms with Crippen molar-refractivity contribution in [1.82, 2.24) is 9.55 Å². The summed E-state index contributed by atoms with van der Waals surface area (Å²) >= 11 is 0. The molecule has 0 aliphatic heterocycles. The van der Waals surface area contributed by atoms with Crippen LogP contribution in [0.1, 0.15) is 6.92 Å². The number of aromatic amines is 1. The van der Waals surface area contributed by atoms with Crippen LogP contribution in [0.5, 0.6) is 0 Å². The summed E-state index contributed by atoms with van der Waals surface area (Å²) in [4.78, 5) is 34.5. The van der Waals surface area contributed by atoms with E-state index in [9.17, 15) is 22.8 Å². The van der Waals surface area contributed by atoms with Gasteiger partial charge in [-0.3, -0.25) is 19.1 Å². The molecule has 3 N–H and O–H groups in total. The largest absolute Gasteiger partial charge is 0.369 e. The van der Waals surface area contributed by atoms with Gasteiger partial charge in [0.05, 0.1) is 5.92 Å². The van der Waals surface area contributed by atoms with E-state index in [4.69, 9.17) is 16.4 Å². The van der Waals surface area contributed by atoms with Crippen molar-refractivity contribution in [3.8, 4) is 0 Å². The maximum Gasteiger partial charge on any atom is 0.328 e. The Labute approximate surface area is 106 Å². The summed E-state index contributed by atoms with van der Waals surface area (Å²) in [6.07, 6.45) is 0.781. The summed E-state index contributed by atoms with van der Waals surface area (Å²) in [6.45, 7) is 1.29. The minimum absolute atomic E-state index is 0.162. The topological polar surface area (TPSA) is 132 Å². The third-order valence-electron chi connectivity index (χ3n) is 2.20. The van der Waals surface area contributed by atoms with Gasteiger partial charge in [0, 0.05) is 23.4 Å². The van der Waals surface area contributed by atoms with E-state index in [1.807, 2.05) is 0 Å². The van der Waals surface area contributed by atoms with E-state index in [0.717, 1.165) is 10.8 Å². The molecule has 18 heavy (non-hydrogen) atoms. The molecule has 0 aliphatic rings. The number of carbonyl (C=O) groups excluding carboxylic acids is 1. The number of hydrogen-bond donors (Lipinski definition) is 2. The highest BCUT2D eigenvalue weighted by atomic mass is 35.7. The fraction of sp³-hybridized carbons (Fsp3) is 0.375. The zero-order valence-electron chi connectivity index (χ0n) is 9.21. The van der Waals surface area contributed by atoms with E-state index in [2.05, 4.69) is 0 Å². The van der Waals surface area contributed by atoms with Crippen molar-refractivity contribution >= 4 is 25.6 Å². The van der Waals surface area contributed by atoms with Crippen LogP contribution in [0.4, 0.5) is 0 Å². The Balaban J connectivity index is 3.35. The molecule has 0 saturated heterocycles. The van der Waals surface area contributed by atoms with Crippen LogP contribution in [0.15, 0.2) is 20.7 Å². The predicted octanol–water partition coefficient (Wildman–Crippen LogP) is -1.41. The van der Waals surface area contributed by atoms with Crippen LogP contribution in [0.25, 0.3) is 0 Å². The molecule has 1 heterocycles. The Morgan fingerprint density at radius 3 is 2.56 bits per heavy atom. The second-order valence-corrected chi connectivity index (χ2v) is 6.18. The van der Waals surface area contributed by atoms with Gasteiger partial charge in [-0.05, 0) is 0 Å². The van der Waals surface area contributed by atoms with Crippen LogP contribution in [0, 0.1) is 5.92 Å². The van der Waals surface area contributed by atoms with E-state index >= 15 is 0 Å². The first-order valence-electron chi connectivity index (χ1n) is 4.70. The number of hydrogen-bond acceptors (Lipinski definition) is 5. The highest BCUT2D eigenvalue weighted by molar-refractivity contribution is 8.13. The molecule has 0 bridgehead atoms. The molecule has 1 aromatic rings. The average Bonchev–Trinajstić information content (AvgIpc) is 2.19. The molecule has 0 fully saturated rings. The molecule has 1 atom stereocenters. The lowest BCUT2D eigenvalue weighted by Gasteiger charge is -2.09. The molecule has 8 nitrogen and oxygen atoms in total. The van der Waals surface area contributed by atoms with Gasteiger partial charge in [-0.1, -0.05) is 6.92 Å². The molecule has 0 saturated carbocycles. The SMILES string of the molecule is CC(Cn1cc(S(=O)(=O)Cl)c(=O)[nH]c1=O)C(N)=O. The van der Waals surface area contributed by atoms with Crippen LogP contribution in [-0.2, 0) is 20.4 Å². The van der Waals surface area contributed by atoms with Crippen LogP contribution < -0.4 is 17.0 Å². The molecule has 1 aromatic heterocycles. The van der Waals surface area contributed by atoms with Crippen LogP contribution >= 0.6 is 10.7 Å². The molecule has 0 aliphatic carbocycles. The zero-order chi connectivity index (χ0) is 14.1. The number of nitrogens with one attached hydrogen (secondary N) is 1.